The molecule has 0 unspecified atom stereocenters. The monoisotopic (exact) mass is 250 g/mol. The molecule has 1 aromatic rings. The fourth-order valence-electron chi connectivity index (χ4n) is 2.45. The van der Waals surface area contributed by atoms with Gasteiger partial charge in [-0.3, -0.25) is 0 Å². The van der Waals surface area contributed by atoms with Gasteiger partial charge in [-0.25, -0.2) is 0 Å². The van der Waals surface area contributed by atoms with Crippen LogP contribution in [-0.4, -0.2) is 31.5 Å². The topological polar surface area (TPSA) is 47.9 Å². The summed E-state index contributed by atoms with van der Waals surface area (Å²) in [6.07, 6.45) is 2.15. The molecule has 2 aliphatic heterocycles. The van der Waals surface area contributed by atoms with Crippen LogP contribution in [0.3, 0.4) is 0 Å². The van der Waals surface area contributed by atoms with E-state index in [-0.39, 0.29) is 0 Å². The van der Waals surface area contributed by atoms with Gasteiger partial charge in [-0.2, -0.15) is 0 Å². The van der Waals surface area contributed by atoms with Gasteiger partial charge in [0.25, 0.3) is 0 Å². The number of ether oxygens (including phenoxy) is 3. The predicted molar refractivity (Wildman–Crippen MR) is 66.0 cm³/mol. The summed E-state index contributed by atoms with van der Waals surface area (Å²) in [5, 5.41) is 10.6. The molecule has 1 N–H and O–H groups in total. The van der Waals surface area contributed by atoms with E-state index in [4.69, 9.17) is 14.2 Å². The number of rotatable bonds is 1. The standard InChI is InChI=1S/C14H18O4/c15-14(4-8-16-9-5-14)11-2-3-12-13(10-11)18-7-1-6-17-12/h2-3,10,15H,1,4-9H2. The van der Waals surface area contributed by atoms with Gasteiger partial charge in [0.05, 0.1) is 18.8 Å². The maximum Gasteiger partial charge on any atom is 0.161 e. The summed E-state index contributed by atoms with van der Waals surface area (Å²) in [5.41, 5.74) is 0.109. The minimum Gasteiger partial charge on any atom is -0.490 e. The van der Waals surface area contributed by atoms with Crippen molar-refractivity contribution in [1.29, 1.82) is 0 Å². The first-order chi connectivity index (χ1) is 8.78. The highest BCUT2D eigenvalue weighted by Crippen LogP contribution is 2.38. The number of fused-ring (bicyclic) bond motifs is 1. The average Bonchev–Trinajstić information content (AvgIpc) is 2.64. The van der Waals surface area contributed by atoms with Crippen molar-refractivity contribution < 1.29 is 19.3 Å². The van der Waals surface area contributed by atoms with Crippen molar-refractivity contribution >= 4 is 0 Å². The lowest BCUT2D eigenvalue weighted by Crippen LogP contribution is -2.33. The quantitative estimate of drug-likeness (QED) is 0.826. The lowest BCUT2D eigenvalue weighted by atomic mass is 9.86. The van der Waals surface area contributed by atoms with Crippen LogP contribution in [0.1, 0.15) is 24.8 Å². The highest BCUT2D eigenvalue weighted by atomic mass is 16.5. The highest BCUT2D eigenvalue weighted by molar-refractivity contribution is 5.45. The molecule has 2 aliphatic rings. The van der Waals surface area contributed by atoms with Gasteiger partial charge >= 0.3 is 0 Å². The van der Waals surface area contributed by atoms with Gasteiger partial charge in [-0.05, 0) is 17.7 Å². The summed E-state index contributed by atoms with van der Waals surface area (Å²) in [6.45, 7) is 2.55. The summed E-state index contributed by atoms with van der Waals surface area (Å²) in [5.74, 6) is 1.51. The Morgan fingerprint density at radius 3 is 2.44 bits per heavy atom. The fraction of sp³-hybridized carbons (Fsp3) is 0.571. The lowest BCUT2D eigenvalue weighted by molar-refractivity contribution is -0.0680. The van der Waals surface area contributed by atoms with Gasteiger partial charge in [0.15, 0.2) is 11.5 Å². The molecule has 0 radical (unpaired) electrons. The van der Waals surface area contributed by atoms with E-state index in [9.17, 15) is 5.11 Å². The zero-order valence-corrected chi connectivity index (χ0v) is 10.4. The third kappa shape index (κ3) is 2.18. The Labute approximate surface area is 106 Å². The van der Waals surface area contributed by atoms with Gasteiger partial charge in [0, 0.05) is 32.5 Å². The van der Waals surface area contributed by atoms with Crippen LogP contribution in [0, 0.1) is 0 Å². The normalized spacial score (nSPS) is 22.3. The fourth-order valence-corrected chi connectivity index (χ4v) is 2.45. The Balaban J connectivity index is 1.91. The molecule has 4 nitrogen and oxygen atoms in total. The van der Waals surface area contributed by atoms with Crippen LogP contribution in [0.15, 0.2) is 18.2 Å². The molecule has 0 spiro atoms. The van der Waals surface area contributed by atoms with Crippen molar-refractivity contribution in [3.8, 4) is 11.5 Å². The van der Waals surface area contributed by atoms with Crippen LogP contribution in [0.4, 0.5) is 0 Å². The first-order valence-electron chi connectivity index (χ1n) is 6.48. The second-order valence-electron chi connectivity index (χ2n) is 4.86. The van der Waals surface area contributed by atoms with Crippen molar-refractivity contribution in [2.75, 3.05) is 26.4 Å². The van der Waals surface area contributed by atoms with Gasteiger partial charge in [-0.15, -0.1) is 0 Å². The van der Waals surface area contributed by atoms with E-state index in [1.165, 1.54) is 0 Å². The first-order valence-corrected chi connectivity index (χ1v) is 6.48. The summed E-state index contributed by atoms with van der Waals surface area (Å²) in [4.78, 5) is 0. The minimum absolute atomic E-state index is 0.602. The molecule has 0 saturated carbocycles. The molecular formula is C14H18O4. The molecule has 1 saturated heterocycles. The van der Waals surface area contributed by atoms with Crippen LogP contribution >= 0.6 is 0 Å². The smallest absolute Gasteiger partial charge is 0.161 e. The van der Waals surface area contributed by atoms with Gasteiger partial charge < -0.3 is 19.3 Å². The van der Waals surface area contributed by atoms with Crippen LogP contribution in [-0.2, 0) is 10.3 Å². The van der Waals surface area contributed by atoms with Crippen molar-refractivity contribution in [2.24, 2.45) is 0 Å². The molecular weight excluding hydrogens is 232 g/mol. The highest BCUT2D eigenvalue weighted by Gasteiger charge is 2.32. The second kappa shape index (κ2) is 4.78. The second-order valence-corrected chi connectivity index (χ2v) is 4.86. The Kier molecular flexibility index (Phi) is 3.14. The SMILES string of the molecule is OC1(c2ccc3c(c2)OCCCO3)CCOCC1. The van der Waals surface area contributed by atoms with Gasteiger partial charge in [0.2, 0.25) is 0 Å². The molecule has 98 valence electrons. The zero-order chi connectivity index (χ0) is 12.4. The van der Waals surface area contributed by atoms with E-state index in [0.717, 1.165) is 23.5 Å². The Morgan fingerprint density at radius 1 is 0.944 bits per heavy atom. The van der Waals surface area contributed by atoms with Gasteiger partial charge in [-0.1, -0.05) is 6.07 Å². The maximum atomic E-state index is 10.6. The Hall–Kier alpha value is -1.26. The van der Waals surface area contributed by atoms with Crippen molar-refractivity contribution in [3.05, 3.63) is 23.8 Å². The Bertz CT molecular complexity index is 424. The molecule has 0 atom stereocenters. The molecule has 0 aromatic heterocycles. The zero-order valence-electron chi connectivity index (χ0n) is 10.4. The van der Waals surface area contributed by atoms with E-state index < -0.39 is 5.60 Å². The third-order valence-corrected chi connectivity index (χ3v) is 3.60. The number of hydrogen-bond acceptors (Lipinski definition) is 4. The van der Waals surface area contributed by atoms with Crippen LogP contribution in [0.25, 0.3) is 0 Å². The average molecular weight is 250 g/mol. The minimum atomic E-state index is -0.789. The predicted octanol–water partition coefficient (Wildman–Crippen LogP) is 1.85. The maximum absolute atomic E-state index is 10.6. The van der Waals surface area contributed by atoms with Crippen molar-refractivity contribution in [3.63, 3.8) is 0 Å². The molecule has 4 heteroatoms. The molecule has 0 amide bonds. The largest absolute Gasteiger partial charge is 0.490 e. The number of benzene rings is 1. The molecule has 18 heavy (non-hydrogen) atoms. The van der Waals surface area contributed by atoms with E-state index in [0.29, 0.717) is 39.3 Å². The summed E-state index contributed by atoms with van der Waals surface area (Å²) in [6, 6.07) is 5.73. The lowest BCUT2D eigenvalue weighted by Gasteiger charge is -2.32. The summed E-state index contributed by atoms with van der Waals surface area (Å²) in [7, 11) is 0. The van der Waals surface area contributed by atoms with E-state index in [1.54, 1.807) is 0 Å². The Morgan fingerprint density at radius 2 is 1.67 bits per heavy atom. The van der Waals surface area contributed by atoms with E-state index in [1.807, 2.05) is 18.2 Å². The molecule has 1 fully saturated rings. The van der Waals surface area contributed by atoms with Crippen LogP contribution in [0.2, 0.25) is 0 Å². The summed E-state index contributed by atoms with van der Waals surface area (Å²) >= 11 is 0. The number of hydrogen-bond donors (Lipinski definition) is 1. The van der Waals surface area contributed by atoms with Gasteiger partial charge in [0.1, 0.15) is 0 Å². The van der Waals surface area contributed by atoms with Crippen LogP contribution < -0.4 is 9.47 Å². The number of aliphatic hydroxyl groups is 1. The first kappa shape index (κ1) is 11.8. The third-order valence-electron chi connectivity index (χ3n) is 3.60. The van der Waals surface area contributed by atoms with Crippen molar-refractivity contribution in [1.82, 2.24) is 0 Å². The van der Waals surface area contributed by atoms with Crippen molar-refractivity contribution in [2.45, 2.75) is 24.9 Å². The molecule has 2 heterocycles. The molecule has 0 bridgehead atoms. The van der Waals surface area contributed by atoms with E-state index in [2.05, 4.69) is 0 Å². The molecule has 1 aromatic carbocycles. The molecule has 0 aliphatic carbocycles. The van der Waals surface area contributed by atoms with E-state index >= 15 is 0 Å². The molecule has 3 rings (SSSR count). The summed E-state index contributed by atoms with van der Waals surface area (Å²) < 4.78 is 16.6. The van der Waals surface area contributed by atoms with Crippen LogP contribution in [0.5, 0.6) is 11.5 Å².